The number of fused-ring (bicyclic) bond motifs is 1. The van der Waals surface area contributed by atoms with Crippen LogP contribution in [0.5, 0.6) is 0 Å². The minimum absolute atomic E-state index is 0.0746. The summed E-state index contributed by atoms with van der Waals surface area (Å²) in [6.07, 6.45) is 3.01. The van der Waals surface area contributed by atoms with Crippen LogP contribution in [0.2, 0.25) is 0 Å². The van der Waals surface area contributed by atoms with Gasteiger partial charge in [-0.25, -0.2) is 14.2 Å². The van der Waals surface area contributed by atoms with Crippen LogP contribution in [0.4, 0.5) is 5.69 Å². The molecule has 7 nitrogen and oxygen atoms in total. The molecule has 0 radical (unpaired) electrons. The minimum atomic E-state index is -0.0746. The van der Waals surface area contributed by atoms with Crippen molar-refractivity contribution in [2.24, 2.45) is 7.05 Å². The van der Waals surface area contributed by atoms with Gasteiger partial charge in [0.2, 0.25) is 0 Å². The summed E-state index contributed by atoms with van der Waals surface area (Å²) in [6.45, 7) is 6.02. The van der Waals surface area contributed by atoms with Crippen molar-refractivity contribution in [3.8, 4) is 6.07 Å². The third kappa shape index (κ3) is 2.70. The molecule has 0 aliphatic carbocycles. The van der Waals surface area contributed by atoms with Crippen LogP contribution in [0.3, 0.4) is 0 Å². The average Bonchev–Trinajstić information content (AvgIpc) is 2.95. The fourth-order valence-electron chi connectivity index (χ4n) is 3.20. The second-order valence-electron chi connectivity index (χ2n) is 6.15. The van der Waals surface area contributed by atoms with E-state index in [4.69, 9.17) is 5.26 Å². The molecule has 122 valence electrons. The van der Waals surface area contributed by atoms with Crippen molar-refractivity contribution >= 4 is 11.3 Å². The number of hydrogen-bond acceptors (Lipinski definition) is 5. The Hall–Kier alpha value is -2.33. The number of aryl methyl sites for hydroxylation is 1. The minimum Gasteiger partial charge on any atom is -0.363 e. The summed E-state index contributed by atoms with van der Waals surface area (Å²) in [5.41, 5.74) is 2.21. The number of nitrogens with zero attached hydrogens (tertiary/aromatic N) is 5. The molecule has 2 atom stereocenters. The zero-order valence-corrected chi connectivity index (χ0v) is 13.8. The zero-order chi connectivity index (χ0) is 16.6. The van der Waals surface area contributed by atoms with Crippen LogP contribution < -0.4 is 15.8 Å². The van der Waals surface area contributed by atoms with Crippen molar-refractivity contribution in [3.63, 3.8) is 0 Å². The molecule has 23 heavy (non-hydrogen) atoms. The van der Waals surface area contributed by atoms with Gasteiger partial charge in [-0.05, 0) is 13.3 Å². The van der Waals surface area contributed by atoms with Crippen molar-refractivity contribution in [2.45, 2.75) is 38.8 Å². The number of hydrogen-bond donors (Lipinski definition) is 1. The second kappa shape index (κ2) is 6.05. The molecule has 1 aliphatic heterocycles. The number of piperazine rings is 1. The normalized spacial score (nSPS) is 21.6. The molecular formula is C16H22N6O. The lowest BCUT2D eigenvalue weighted by Crippen LogP contribution is -2.55. The van der Waals surface area contributed by atoms with E-state index in [1.54, 1.807) is 23.8 Å². The summed E-state index contributed by atoms with van der Waals surface area (Å²) < 4.78 is 3.28. The molecule has 0 bridgehead atoms. The fraction of sp³-hybridized carbons (Fsp3) is 0.562. The van der Waals surface area contributed by atoms with Crippen LogP contribution in [0.1, 0.15) is 26.0 Å². The van der Waals surface area contributed by atoms with Crippen molar-refractivity contribution in [2.75, 3.05) is 18.0 Å². The lowest BCUT2D eigenvalue weighted by Gasteiger charge is -2.40. The highest BCUT2D eigenvalue weighted by Crippen LogP contribution is 2.25. The van der Waals surface area contributed by atoms with E-state index in [0.29, 0.717) is 17.8 Å². The number of nitrogens with one attached hydrogen (secondary N) is 1. The molecular weight excluding hydrogens is 292 g/mol. The monoisotopic (exact) mass is 314 g/mol. The maximum absolute atomic E-state index is 12.3. The number of aromatic nitrogens is 3. The Kier molecular flexibility index (Phi) is 4.09. The lowest BCUT2D eigenvalue weighted by atomic mass is 10.1. The predicted molar refractivity (Wildman–Crippen MR) is 88.6 cm³/mol. The Morgan fingerprint density at radius 3 is 3.00 bits per heavy atom. The Bertz CT molecular complexity index is 814. The van der Waals surface area contributed by atoms with Gasteiger partial charge in [0.05, 0.1) is 30.1 Å². The molecule has 0 aromatic carbocycles. The predicted octanol–water partition coefficient (Wildman–Crippen LogP) is 0.676. The maximum Gasteiger partial charge on any atom is 0.267 e. The van der Waals surface area contributed by atoms with E-state index < -0.39 is 0 Å². The van der Waals surface area contributed by atoms with E-state index in [0.717, 1.165) is 30.8 Å². The van der Waals surface area contributed by atoms with E-state index in [-0.39, 0.29) is 12.0 Å². The highest BCUT2D eigenvalue weighted by molar-refractivity contribution is 5.69. The third-order valence-corrected chi connectivity index (χ3v) is 4.52. The van der Waals surface area contributed by atoms with E-state index in [1.807, 2.05) is 0 Å². The van der Waals surface area contributed by atoms with Crippen molar-refractivity contribution in [1.82, 2.24) is 19.5 Å². The van der Waals surface area contributed by atoms with Gasteiger partial charge in [0.15, 0.2) is 5.65 Å². The summed E-state index contributed by atoms with van der Waals surface area (Å²) in [7, 11) is 1.72. The van der Waals surface area contributed by atoms with Gasteiger partial charge in [0.25, 0.3) is 5.56 Å². The van der Waals surface area contributed by atoms with Crippen molar-refractivity contribution in [3.05, 3.63) is 28.3 Å². The molecule has 0 unspecified atom stereocenters. The van der Waals surface area contributed by atoms with E-state index in [2.05, 4.69) is 35.1 Å². The van der Waals surface area contributed by atoms with Crippen LogP contribution in [0.25, 0.3) is 5.65 Å². The zero-order valence-electron chi connectivity index (χ0n) is 13.8. The Labute approximate surface area is 135 Å². The molecule has 0 amide bonds. The van der Waals surface area contributed by atoms with Crippen molar-refractivity contribution in [1.29, 1.82) is 5.26 Å². The summed E-state index contributed by atoms with van der Waals surface area (Å²) in [5.74, 6) is 0. The van der Waals surface area contributed by atoms with Crippen molar-refractivity contribution < 1.29 is 0 Å². The summed E-state index contributed by atoms with van der Waals surface area (Å²) in [5, 5.41) is 12.4. The van der Waals surface area contributed by atoms with Gasteiger partial charge in [-0.2, -0.15) is 5.26 Å². The topological polar surface area (TPSA) is 78.4 Å². The standard InChI is InChI=1S/C16H22N6O/c1-4-13-8-18-11(2)9-21(13)14-7-15(23)20(3)22-10-12(5-6-17)19-16(14)22/h7,10-11,13,18H,4-5,8-9H2,1-3H3/t11-,13+/m1/s1. The molecule has 0 spiro atoms. The van der Waals surface area contributed by atoms with Crippen LogP contribution in [-0.2, 0) is 13.5 Å². The van der Waals surface area contributed by atoms with Crippen LogP contribution >= 0.6 is 0 Å². The fourth-order valence-corrected chi connectivity index (χ4v) is 3.20. The van der Waals surface area contributed by atoms with Gasteiger partial charge < -0.3 is 10.2 Å². The average molecular weight is 314 g/mol. The highest BCUT2D eigenvalue weighted by Gasteiger charge is 2.27. The van der Waals surface area contributed by atoms with Crippen LogP contribution in [0, 0.1) is 11.3 Å². The van der Waals surface area contributed by atoms with Gasteiger partial charge in [0.1, 0.15) is 0 Å². The lowest BCUT2D eigenvalue weighted by molar-refractivity contribution is 0.402. The summed E-state index contributed by atoms with van der Waals surface area (Å²) >= 11 is 0. The molecule has 1 aliphatic rings. The first kappa shape index (κ1) is 15.6. The van der Waals surface area contributed by atoms with Crippen LogP contribution in [-0.4, -0.2) is 39.4 Å². The van der Waals surface area contributed by atoms with E-state index in [9.17, 15) is 4.79 Å². The quantitative estimate of drug-likeness (QED) is 0.901. The highest BCUT2D eigenvalue weighted by atomic mass is 16.1. The van der Waals surface area contributed by atoms with Crippen LogP contribution in [0.15, 0.2) is 17.1 Å². The largest absolute Gasteiger partial charge is 0.363 e. The Balaban J connectivity index is 2.17. The molecule has 2 aromatic heterocycles. The molecule has 1 saturated heterocycles. The van der Waals surface area contributed by atoms with E-state index in [1.165, 1.54) is 4.68 Å². The molecule has 3 heterocycles. The van der Waals surface area contributed by atoms with Gasteiger partial charge in [0, 0.05) is 38.3 Å². The first-order valence-corrected chi connectivity index (χ1v) is 8.00. The van der Waals surface area contributed by atoms with Gasteiger partial charge in [-0.1, -0.05) is 6.92 Å². The molecule has 2 aromatic rings. The van der Waals surface area contributed by atoms with E-state index >= 15 is 0 Å². The van der Waals surface area contributed by atoms with Gasteiger partial charge in [-0.15, -0.1) is 0 Å². The summed E-state index contributed by atoms with van der Waals surface area (Å²) in [6, 6.07) is 4.47. The summed E-state index contributed by atoms with van der Waals surface area (Å²) in [4.78, 5) is 19.2. The first-order valence-electron chi connectivity index (χ1n) is 8.00. The van der Waals surface area contributed by atoms with Gasteiger partial charge >= 0.3 is 0 Å². The number of imidazole rings is 1. The molecule has 1 N–H and O–H groups in total. The third-order valence-electron chi connectivity index (χ3n) is 4.52. The number of nitriles is 1. The maximum atomic E-state index is 12.3. The molecule has 1 fully saturated rings. The number of rotatable bonds is 3. The number of anilines is 1. The Morgan fingerprint density at radius 2 is 2.30 bits per heavy atom. The molecule has 0 saturated carbocycles. The van der Waals surface area contributed by atoms with Gasteiger partial charge in [-0.3, -0.25) is 4.79 Å². The SMILES string of the molecule is CC[C@H]1CN[C@H](C)CN1c1cc(=O)n(C)n2cc(CC#N)nc12. The Morgan fingerprint density at radius 1 is 1.52 bits per heavy atom. The molecule has 3 rings (SSSR count). The molecule has 7 heteroatoms. The first-order chi connectivity index (χ1) is 11.0. The second-order valence-corrected chi connectivity index (χ2v) is 6.15. The smallest absolute Gasteiger partial charge is 0.267 e.